The Kier molecular flexibility index (Phi) is 4.52. The van der Waals surface area contributed by atoms with Gasteiger partial charge in [-0.15, -0.1) is 11.8 Å². The van der Waals surface area contributed by atoms with Crippen molar-refractivity contribution in [2.24, 2.45) is 0 Å². The fourth-order valence-corrected chi connectivity index (χ4v) is 4.13. The fraction of sp³-hybridized carbons (Fsp3) is 0.0952. The van der Waals surface area contributed by atoms with Crippen LogP contribution in [0.15, 0.2) is 64.3 Å². The standard InChI is InChI=1S/C21H17N3O3S/c1-12-6-8-13(9-7-12)11-28-16-5-3-2-4-15(16)24-17(25)10-14-18(19(24)22)21(27)23-20(14)26/h2-10H,11,22H2,1H3,(H,23,26,27). The van der Waals surface area contributed by atoms with E-state index in [1.54, 1.807) is 23.9 Å². The molecule has 1 aliphatic heterocycles. The maximum Gasteiger partial charge on any atom is 0.262 e. The van der Waals surface area contributed by atoms with Crippen molar-refractivity contribution in [1.82, 2.24) is 9.88 Å². The molecule has 2 aromatic carbocycles. The van der Waals surface area contributed by atoms with Gasteiger partial charge in [0.15, 0.2) is 0 Å². The molecule has 3 N–H and O–H groups in total. The van der Waals surface area contributed by atoms with Gasteiger partial charge < -0.3 is 5.73 Å². The summed E-state index contributed by atoms with van der Waals surface area (Å²) >= 11 is 1.57. The lowest BCUT2D eigenvalue weighted by Gasteiger charge is -2.15. The van der Waals surface area contributed by atoms with E-state index in [0.29, 0.717) is 5.69 Å². The first-order valence-electron chi connectivity index (χ1n) is 8.64. The Labute approximate surface area is 165 Å². The van der Waals surface area contributed by atoms with Gasteiger partial charge in [0.2, 0.25) is 0 Å². The van der Waals surface area contributed by atoms with Gasteiger partial charge in [-0.2, -0.15) is 0 Å². The molecule has 0 radical (unpaired) electrons. The van der Waals surface area contributed by atoms with Crippen LogP contribution in [0.1, 0.15) is 31.8 Å². The molecule has 3 aromatic rings. The van der Waals surface area contributed by atoms with Crippen molar-refractivity contribution in [3.63, 3.8) is 0 Å². The molecule has 0 saturated carbocycles. The minimum Gasteiger partial charge on any atom is -0.384 e. The zero-order valence-electron chi connectivity index (χ0n) is 15.1. The van der Waals surface area contributed by atoms with Crippen molar-refractivity contribution in [1.29, 1.82) is 0 Å². The summed E-state index contributed by atoms with van der Waals surface area (Å²) in [7, 11) is 0. The highest BCUT2D eigenvalue weighted by atomic mass is 32.2. The van der Waals surface area contributed by atoms with Crippen LogP contribution in [-0.2, 0) is 5.75 Å². The number of carbonyl (C=O) groups excluding carboxylic acids is 2. The molecule has 0 spiro atoms. The molecule has 0 aliphatic carbocycles. The smallest absolute Gasteiger partial charge is 0.262 e. The Balaban J connectivity index is 1.76. The van der Waals surface area contributed by atoms with Gasteiger partial charge in [0, 0.05) is 16.7 Å². The molecule has 6 nitrogen and oxygen atoms in total. The molecule has 0 unspecified atom stereocenters. The molecule has 28 heavy (non-hydrogen) atoms. The zero-order chi connectivity index (χ0) is 19.8. The summed E-state index contributed by atoms with van der Waals surface area (Å²) < 4.78 is 1.29. The van der Waals surface area contributed by atoms with Crippen molar-refractivity contribution >= 4 is 29.4 Å². The van der Waals surface area contributed by atoms with Crippen molar-refractivity contribution < 1.29 is 9.59 Å². The summed E-state index contributed by atoms with van der Waals surface area (Å²) in [6.45, 7) is 2.04. The Morgan fingerprint density at radius 1 is 1.00 bits per heavy atom. The molecule has 0 fully saturated rings. The largest absolute Gasteiger partial charge is 0.384 e. The maximum absolute atomic E-state index is 12.7. The number of nitrogens with two attached hydrogens (primary N) is 1. The van der Waals surface area contributed by atoms with Crippen LogP contribution in [0.4, 0.5) is 5.82 Å². The lowest BCUT2D eigenvalue weighted by molar-refractivity contribution is 0.0880. The number of nitrogen functional groups attached to an aromatic ring is 1. The lowest BCUT2D eigenvalue weighted by atomic mass is 10.1. The minimum absolute atomic E-state index is 0.0218. The third-order valence-corrected chi connectivity index (χ3v) is 5.71. The zero-order valence-corrected chi connectivity index (χ0v) is 15.9. The molecular weight excluding hydrogens is 374 g/mol. The Bertz CT molecular complexity index is 1170. The van der Waals surface area contributed by atoms with E-state index in [1.807, 2.05) is 19.1 Å². The number of nitrogens with one attached hydrogen (secondary N) is 1. The second kappa shape index (κ2) is 7.01. The second-order valence-electron chi connectivity index (χ2n) is 6.52. The average molecular weight is 391 g/mol. The number of hydrogen-bond donors (Lipinski definition) is 2. The van der Waals surface area contributed by atoms with Gasteiger partial charge in [-0.05, 0) is 24.6 Å². The molecule has 0 atom stereocenters. The quantitative estimate of drug-likeness (QED) is 0.527. The van der Waals surface area contributed by atoms with Gasteiger partial charge in [-0.1, -0.05) is 42.0 Å². The third kappa shape index (κ3) is 3.10. The number of nitrogens with zero attached hydrogens (tertiary/aromatic N) is 1. The van der Waals surface area contributed by atoms with Crippen LogP contribution < -0.4 is 16.6 Å². The molecule has 140 valence electrons. The van der Waals surface area contributed by atoms with Crippen LogP contribution >= 0.6 is 11.8 Å². The number of aromatic nitrogens is 1. The van der Waals surface area contributed by atoms with Gasteiger partial charge in [-0.25, -0.2) is 0 Å². The summed E-state index contributed by atoms with van der Waals surface area (Å²) in [5, 5.41) is 2.18. The first-order valence-corrected chi connectivity index (χ1v) is 9.63. The molecule has 4 rings (SSSR count). The van der Waals surface area contributed by atoms with E-state index >= 15 is 0 Å². The van der Waals surface area contributed by atoms with Crippen molar-refractivity contribution in [3.8, 4) is 5.69 Å². The minimum atomic E-state index is -0.599. The van der Waals surface area contributed by atoms with Crippen LogP contribution in [-0.4, -0.2) is 16.4 Å². The lowest BCUT2D eigenvalue weighted by Crippen LogP contribution is -2.24. The maximum atomic E-state index is 12.7. The predicted molar refractivity (Wildman–Crippen MR) is 109 cm³/mol. The summed E-state index contributed by atoms with van der Waals surface area (Å²) in [6.07, 6.45) is 0. The molecule has 0 bridgehead atoms. The fourth-order valence-electron chi connectivity index (χ4n) is 3.14. The first-order chi connectivity index (χ1) is 13.5. The number of benzene rings is 2. The van der Waals surface area contributed by atoms with Crippen molar-refractivity contribution in [2.75, 3.05) is 5.73 Å². The number of imide groups is 1. The number of aryl methyl sites for hydroxylation is 1. The van der Waals surface area contributed by atoms with Crippen LogP contribution in [0, 0.1) is 6.92 Å². The third-order valence-electron chi connectivity index (χ3n) is 4.57. The van der Waals surface area contributed by atoms with Gasteiger partial charge in [-0.3, -0.25) is 24.3 Å². The van der Waals surface area contributed by atoms with E-state index in [-0.39, 0.29) is 16.9 Å². The van der Waals surface area contributed by atoms with Crippen LogP contribution in [0.3, 0.4) is 0 Å². The molecule has 1 aromatic heterocycles. The van der Waals surface area contributed by atoms with Crippen molar-refractivity contribution in [3.05, 3.63) is 87.2 Å². The van der Waals surface area contributed by atoms with E-state index in [0.717, 1.165) is 22.3 Å². The Morgan fingerprint density at radius 2 is 1.71 bits per heavy atom. The summed E-state index contributed by atoms with van der Waals surface area (Å²) in [5.74, 6) is -0.501. The van der Waals surface area contributed by atoms with Gasteiger partial charge in [0.25, 0.3) is 17.4 Å². The topological polar surface area (TPSA) is 94.2 Å². The number of thioether (sulfide) groups is 1. The summed E-state index contributed by atoms with van der Waals surface area (Å²) in [5.41, 5.74) is 8.70. The van der Waals surface area contributed by atoms with Crippen LogP contribution in [0.25, 0.3) is 5.69 Å². The Hall–Kier alpha value is -3.32. The number of carbonyl (C=O) groups is 2. The molecule has 0 saturated heterocycles. The predicted octanol–water partition coefficient (Wildman–Crippen LogP) is 2.90. The molecule has 1 aliphatic rings. The average Bonchev–Trinajstić information content (AvgIpc) is 2.96. The Morgan fingerprint density at radius 3 is 2.46 bits per heavy atom. The van der Waals surface area contributed by atoms with E-state index in [4.69, 9.17) is 5.73 Å². The second-order valence-corrected chi connectivity index (χ2v) is 7.53. The highest BCUT2D eigenvalue weighted by molar-refractivity contribution is 7.98. The van der Waals surface area contributed by atoms with Gasteiger partial charge >= 0.3 is 0 Å². The van der Waals surface area contributed by atoms with Crippen molar-refractivity contribution in [2.45, 2.75) is 17.6 Å². The number of fused-ring (bicyclic) bond motifs is 1. The molecule has 2 amide bonds. The number of amides is 2. The highest BCUT2D eigenvalue weighted by Gasteiger charge is 2.32. The van der Waals surface area contributed by atoms with Gasteiger partial charge in [0.05, 0.1) is 16.8 Å². The number of pyridine rings is 1. The number of rotatable bonds is 4. The number of para-hydroxylation sites is 1. The van der Waals surface area contributed by atoms with E-state index < -0.39 is 17.4 Å². The normalized spacial score (nSPS) is 12.8. The SMILES string of the molecule is Cc1ccc(CSc2ccccc2-n2c(N)c3c(cc2=O)C(=O)NC3=O)cc1. The molecule has 7 heteroatoms. The highest BCUT2D eigenvalue weighted by Crippen LogP contribution is 2.31. The van der Waals surface area contributed by atoms with E-state index in [9.17, 15) is 14.4 Å². The van der Waals surface area contributed by atoms with Crippen LogP contribution in [0.5, 0.6) is 0 Å². The van der Waals surface area contributed by atoms with E-state index in [2.05, 4.69) is 29.6 Å². The summed E-state index contributed by atoms with van der Waals surface area (Å²) in [4.78, 5) is 37.5. The van der Waals surface area contributed by atoms with Crippen LogP contribution in [0.2, 0.25) is 0 Å². The van der Waals surface area contributed by atoms with E-state index in [1.165, 1.54) is 10.1 Å². The monoisotopic (exact) mass is 391 g/mol. The summed E-state index contributed by atoms with van der Waals surface area (Å²) in [6, 6.07) is 16.8. The van der Waals surface area contributed by atoms with Gasteiger partial charge in [0.1, 0.15) is 5.82 Å². The molecular formula is C21H17N3O3S. The number of anilines is 1. The first kappa shape index (κ1) is 18.1. The number of hydrogen-bond acceptors (Lipinski definition) is 5. The molecule has 2 heterocycles.